The quantitative estimate of drug-likeness (QED) is 0.607. The van der Waals surface area contributed by atoms with Gasteiger partial charge in [-0.25, -0.2) is 0 Å². The lowest BCUT2D eigenvalue weighted by molar-refractivity contribution is -0.160. The van der Waals surface area contributed by atoms with Crippen molar-refractivity contribution >= 4 is 0 Å². The summed E-state index contributed by atoms with van der Waals surface area (Å²) in [6, 6.07) is 20.2. The van der Waals surface area contributed by atoms with Crippen LogP contribution in [0.3, 0.4) is 0 Å². The first kappa shape index (κ1) is 16.6. The van der Waals surface area contributed by atoms with E-state index in [0.29, 0.717) is 16.7 Å². The van der Waals surface area contributed by atoms with Gasteiger partial charge in [-0.15, -0.1) is 0 Å². The minimum Gasteiger partial charge on any atom is -0.373 e. The van der Waals surface area contributed by atoms with Gasteiger partial charge in [-0.2, -0.15) is 0 Å². The zero-order chi connectivity index (χ0) is 17.8. The Morgan fingerprint density at radius 2 is 1.65 bits per heavy atom. The number of hydrogen-bond acceptors (Lipinski definition) is 1. The molecule has 1 saturated carbocycles. The lowest BCUT2D eigenvalue weighted by Gasteiger charge is -2.61. The minimum absolute atomic E-state index is 0.275. The molecule has 0 amide bonds. The van der Waals surface area contributed by atoms with Crippen LogP contribution in [0.2, 0.25) is 0 Å². The van der Waals surface area contributed by atoms with Crippen LogP contribution in [0, 0.1) is 17.3 Å². The zero-order valence-electron chi connectivity index (χ0n) is 16.1. The maximum absolute atomic E-state index is 6.38. The predicted octanol–water partition coefficient (Wildman–Crippen LogP) is 6.08. The molecular weight excluding hydrogens is 316 g/mol. The van der Waals surface area contributed by atoms with Crippen LogP contribution in [-0.4, -0.2) is 6.61 Å². The van der Waals surface area contributed by atoms with Gasteiger partial charge < -0.3 is 4.74 Å². The maximum Gasteiger partial charge on any atom is 0.0858 e. The van der Waals surface area contributed by atoms with Crippen LogP contribution in [0.25, 0.3) is 0 Å². The van der Waals surface area contributed by atoms with Crippen LogP contribution >= 0.6 is 0 Å². The molecule has 2 aliphatic carbocycles. The summed E-state index contributed by atoms with van der Waals surface area (Å²) < 4.78 is 6.38. The molecule has 0 bridgehead atoms. The summed E-state index contributed by atoms with van der Waals surface area (Å²) >= 11 is 0. The number of fused-ring (bicyclic) bond motifs is 5. The Morgan fingerprint density at radius 1 is 0.885 bits per heavy atom. The molecule has 3 aliphatic rings. The molecule has 1 heteroatoms. The highest BCUT2D eigenvalue weighted by atomic mass is 16.5. The minimum atomic E-state index is 0.275. The first-order chi connectivity index (χ1) is 12.6. The summed E-state index contributed by atoms with van der Waals surface area (Å²) in [5.41, 5.74) is 5.32. The zero-order valence-corrected chi connectivity index (χ0v) is 16.1. The van der Waals surface area contributed by atoms with Crippen molar-refractivity contribution in [2.24, 2.45) is 17.3 Å². The normalized spacial score (nSPS) is 38.8. The molecule has 2 aromatic rings. The van der Waals surface area contributed by atoms with Crippen molar-refractivity contribution < 1.29 is 4.74 Å². The van der Waals surface area contributed by atoms with E-state index in [0.717, 1.165) is 12.5 Å². The van der Waals surface area contributed by atoms with Gasteiger partial charge in [-0.1, -0.05) is 68.4 Å². The standard InChI is InChI=1S/C25H30O/c1-24-15-14-21-23(19-9-4-3-5-10-19)26-17-16-25(21,2)22(24)13-12-18-8-6-7-11-20(18)24/h3-11,21-23H,12-17H2,1-2H3/t21-,22-,23-,24-,25-/m0/s1. The molecule has 136 valence electrons. The molecule has 1 nitrogen and oxygen atoms in total. The van der Waals surface area contributed by atoms with E-state index in [-0.39, 0.29) is 6.10 Å². The lowest BCUT2D eigenvalue weighted by Crippen LogP contribution is -2.56. The van der Waals surface area contributed by atoms with Crippen LogP contribution in [0.4, 0.5) is 0 Å². The molecule has 5 atom stereocenters. The molecular formula is C25H30O. The van der Waals surface area contributed by atoms with Crippen molar-refractivity contribution in [3.63, 3.8) is 0 Å². The highest BCUT2D eigenvalue weighted by Crippen LogP contribution is 2.64. The van der Waals surface area contributed by atoms with Gasteiger partial charge in [-0.3, -0.25) is 0 Å². The van der Waals surface area contributed by atoms with Gasteiger partial charge in [-0.05, 0) is 71.5 Å². The Morgan fingerprint density at radius 3 is 2.50 bits per heavy atom. The highest BCUT2D eigenvalue weighted by Gasteiger charge is 2.58. The van der Waals surface area contributed by atoms with E-state index in [4.69, 9.17) is 4.74 Å². The first-order valence-electron chi connectivity index (χ1n) is 10.4. The van der Waals surface area contributed by atoms with Crippen molar-refractivity contribution in [3.05, 3.63) is 71.3 Å². The third-order valence-electron chi connectivity index (χ3n) is 8.15. The fourth-order valence-electron chi connectivity index (χ4n) is 6.86. The molecule has 5 rings (SSSR count). The highest BCUT2D eigenvalue weighted by molar-refractivity contribution is 5.39. The number of hydrogen-bond donors (Lipinski definition) is 0. The molecule has 1 saturated heterocycles. The van der Waals surface area contributed by atoms with Crippen LogP contribution in [-0.2, 0) is 16.6 Å². The van der Waals surface area contributed by atoms with E-state index in [9.17, 15) is 0 Å². The number of ether oxygens (including phenoxy) is 1. The summed E-state index contributed by atoms with van der Waals surface area (Å²) in [5, 5.41) is 0. The van der Waals surface area contributed by atoms with Gasteiger partial charge in [0.15, 0.2) is 0 Å². The van der Waals surface area contributed by atoms with Crippen molar-refractivity contribution in [1.82, 2.24) is 0 Å². The molecule has 1 aliphatic heterocycles. The third-order valence-corrected chi connectivity index (χ3v) is 8.15. The van der Waals surface area contributed by atoms with Crippen molar-refractivity contribution in [1.29, 1.82) is 0 Å². The predicted molar refractivity (Wildman–Crippen MR) is 106 cm³/mol. The largest absolute Gasteiger partial charge is 0.373 e. The molecule has 0 unspecified atom stereocenters. The molecule has 0 N–H and O–H groups in total. The van der Waals surface area contributed by atoms with Crippen LogP contribution in [0.1, 0.15) is 62.3 Å². The van der Waals surface area contributed by atoms with Gasteiger partial charge in [0.05, 0.1) is 6.10 Å². The van der Waals surface area contributed by atoms with Gasteiger partial charge >= 0.3 is 0 Å². The second-order valence-corrected chi connectivity index (χ2v) is 9.27. The summed E-state index contributed by atoms with van der Waals surface area (Å²) in [7, 11) is 0. The van der Waals surface area contributed by atoms with Crippen LogP contribution in [0.15, 0.2) is 54.6 Å². The molecule has 0 spiro atoms. The lowest BCUT2D eigenvalue weighted by atomic mass is 9.45. The SMILES string of the molecule is C[C@]12CCO[C@@H](c3ccccc3)[C@@H]1CC[C@@]1(C)c3ccccc3CC[C@H]21. The molecule has 26 heavy (non-hydrogen) atoms. The Kier molecular flexibility index (Phi) is 3.79. The second kappa shape index (κ2) is 5.96. The molecule has 0 radical (unpaired) electrons. The number of benzene rings is 2. The Balaban J connectivity index is 1.56. The fraction of sp³-hybridized carbons (Fsp3) is 0.520. The average molecular weight is 347 g/mol. The summed E-state index contributed by atoms with van der Waals surface area (Å²) in [6.07, 6.45) is 6.64. The third kappa shape index (κ3) is 2.26. The van der Waals surface area contributed by atoms with Crippen LogP contribution in [0.5, 0.6) is 0 Å². The summed E-state index contributed by atoms with van der Waals surface area (Å²) in [5.74, 6) is 1.40. The Bertz CT molecular complexity index is 797. The topological polar surface area (TPSA) is 9.23 Å². The van der Waals surface area contributed by atoms with E-state index >= 15 is 0 Å². The van der Waals surface area contributed by atoms with Crippen molar-refractivity contribution in [3.8, 4) is 0 Å². The monoisotopic (exact) mass is 346 g/mol. The van der Waals surface area contributed by atoms with Gasteiger partial charge in [0.25, 0.3) is 0 Å². The van der Waals surface area contributed by atoms with E-state index < -0.39 is 0 Å². The summed E-state index contributed by atoms with van der Waals surface area (Å²) in [4.78, 5) is 0. The van der Waals surface area contributed by atoms with Crippen molar-refractivity contribution in [2.75, 3.05) is 6.61 Å². The molecule has 0 aromatic heterocycles. The van der Waals surface area contributed by atoms with Gasteiger partial charge in [0, 0.05) is 6.61 Å². The molecule has 1 heterocycles. The fourth-order valence-corrected chi connectivity index (χ4v) is 6.86. The van der Waals surface area contributed by atoms with E-state index in [1.165, 1.54) is 37.7 Å². The molecule has 2 fully saturated rings. The van der Waals surface area contributed by atoms with E-state index in [2.05, 4.69) is 68.4 Å². The van der Waals surface area contributed by atoms with Gasteiger partial charge in [0.1, 0.15) is 0 Å². The number of aryl methyl sites for hydroxylation is 1. The second-order valence-electron chi connectivity index (χ2n) is 9.27. The Hall–Kier alpha value is -1.60. The van der Waals surface area contributed by atoms with Crippen molar-refractivity contribution in [2.45, 2.75) is 57.5 Å². The maximum atomic E-state index is 6.38. The number of rotatable bonds is 1. The smallest absolute Gasteiger partial charge is 0.0858 e. The molecule has 2 aromatic carbocycles. The Labute approximate surface area is 157 Å². The van der Waals surface area contributed by atoms with Crippen LogP contribution < -0.4 is 0 Å². The van der Waals surface area contributed by atoms with E-state index in [1.807, 2.05) is 0 Å². The van der Waals surface area contributed by atoms with Gasteiger partial charge in [0.2, 0.25) is 0 Å². The van der Waals surface area contributed by atoms with E-state index in [1.54, 1.807) is 11.1 Å². The first-order valence-corrected chi connectivity index (χ1v) is 10.4. The summed E-state index contributed by atoms with van der Waals surface area (Å²) in [6.45, 7) is 6.05. The average Bonchev–Trinajstić information content (AvgIpc) is 2.67.